The van der Waals surface area contributed by atoms with E-state index >= 15 is 0 Å². The molecule has 0 radical (unpaired) electrons. The van der Waals surface area contributed by atoms with Gasteiger partial charge in [0.2, 0.25) is 5.91 Å². The quantitative estimate of drug-likeness (QED) is 0.359. The molecule has 2 heterocycles. The maximum atomic E-state index is 13.0. The van der Waals surface area contributed by atoms with Crippen molar-refractivity contribution >= 4 is 28.4 Å². The normalized spacial score (nSPS) is 11.1. The number of hydrogen-bond acceptors (Lipinski definition) is 7. The standard InChI is InChI=1S/C25H19N5O3S/c26-22(31)18-12-10-17(11-13-18)15-34-25-28-27-23(33-25)21-19-8-4-5-9-20(19)24(32)30(29-21)14-16-6-2-1-3-7-16/h1-13H,14-15H2,(H2,26,31). The monoisotopic (exact) mass is 469 g/mol. The molecule has 0 bridgehead atoms. The average Bonchev–Trinajstić information content (AvgIpc) is 3.34. The Morgan fingerprint density at radius 3 is 2.32 bits per heavy atom. The first-order valence-corrected chi connectivity index (χ1v) is 11.5. The van der Waals surface area contributed by atoms with E-state index in [1.165, 1.54) is 16.4 Å². The topological polar surface area (TPSA) is 117 Å². The van der Waals surface area contributed by atoms with Gasteiger partial charge in [-0.3, -0.25) is 9.59 Å². The third kappa shape index (κ3) is 4.46. The third-order valence-corrected chi connectivity index (χ3v) is 6.14. The first-order chi connectivity index (χ1) is 16.6. The fourth-order valence-corrected chi connectivity index (χ4v) is 4.25. The summed E-state index contributed by atoms with van der Waals surface area (Å²) < 4.78 is 7.32. The van der Waals surface area contributed by atoms with Crippen molar-refractivity contribution in [1.29, 1.82) is 0 Å². The molecule has 0 aliphatic carbocycles. The highest BCUT2D eigenvalue weighted by molar-refractivity contribution is 7.98. The van der Waals surface area contributed by atoms with Crippen LogP contribution in [0.2, 0.25) is 0 Å². The molecule has 5 aromatic rings. The van der Waals surface area contributed by atoms with Crippen LogP contribution in [0.3, 0.4) is 0 Å². The zero-order valence-electron chi connectivity index (χ0n) is 17.9. The molecular formula is C25H19N5O3S. The van der Waals surface area contributed by atoms with Crippen LogP contribution in [0.15, 0.2) is 93.3 Å². The van der Waals surface area contributed by atoms with Gasteiger partial charge in [-0.25, -0.2) is 4.68 Å². The zero-order valence-corrected chi connectivity index (χ0v) is 18.7. The third-order valence-electron chi connectivity index (χ3n) is 5.25. The molecule has 2 N–H and O–H groups in total. The van der Waals surface area contributed by atoms with E-state index in [9.17, 15) is 9.59 Å². The van der Waals surface area contributed by atoms with Crippen molar-refractivity contribution in [2.24, 2.45) is 5.73 Å². The van der Waals surface area contributed by atoms with E-state index in [2.05, 4.69) is 15.3 Å². The van der Waals surface area contributed by atoms with Crippen LogP contribution in [-0.4, -0.2) is 25.9 Å². The summed E-state index contributed by atoms with van der Waals surface area (Å²) in [6, 6.07) is 23.9. The average molecular weight is 470 g/mol. The molecule has 168 valence electrons. The number of primary amides is 1. The largest absolute Gasteiger partial charge is 0.409 e. The van der Waals surface area contributed by atoms with Crippen molar-refractivity contribution in [2.75, 3.05) is 0 Å². The second kappa shape index (κ2) is 9.32. The summed E-state index contributed by atoms with van der Waals surface area (Å²) in [5.74, 6) is 0.348. The fourth-order valence-electron chi connectivity index (χ4n) is 3.53. The number of carbonyl (C=O) groups excluding carboxylic acids is 1. The molecule has 8 nitrogen and oxygen atoms in total. The molecule has 5 rings (SSSR count). The summed E-state index contributed by atoms with van der Waals surface area (Å²) >= 11 is 1.37. The highest BCUT2D eigenvalue weighted by Gasteiger charge is 2.18. The Morgan fingerprint density at radius 2 is 1.59 bits per heavy atom. The van der Waals surface area contributed by atoms with E-state index in [4.69, 9.17) is 10.2 Å². The lowest BCUT2D eigenvalue weighted by molar-refractivity contribution is 0.100. The van der Waals surface area contributed by atoms with Gasteiger partial charge >= 0.3 is 0 Å². The Morgan fingerprint density at radius 1 is 0.882 bits per heavy atom. The van der Waals surface area contributed by atoms with Gasteiger partial charge in [0.15, 0.2) is 5.69 Å². The van der Waals surface area contributed by atoms with Gasteiger partial charge in [-0.2, -0.15) is 5.10 Å². The first-order valence-electron chi connectivity index (χ1n) is 10.5. The van der Waals surface area contributed by atoms with Crippen LogP contribution >= 0.6 is 11.8 Å². The van der Waals surface area contributed by atoms with Crippen LogP contribution in [-0.2, 0) is 12.3 Å². The number of nitrogens with two attached hydrogens (primary N) is 1. The van der Waals surface area contributed by atoms with Gasteiger partial charge in [0.25, 0.3) is 16.7 Å². The van der Waals surface area contributed by atoms with Gasteiger partial charge in [0, 0.05) is 16.7 Å². The van der Waals surface area contributed by atoms with Gasteiger partial charge in [-0.05, 0) is 29.3 Å². The second-order valence-electron chi connectivity index (χ2n) is 7.57. The van der Waals surface area contributed by atoms with E-state index < -0.39 is 5.91 Å². The predicted octanol–water partition coefficient (Wildman–Crippen LogP) is 3.89. The molecule has 0 saturated heterocycles. The Bertz CT molecular complexity index is 1530. The number of rotatable bonds is 7. The van der Waals surface area contributed by atoms with Crippen molar-refractivity contribution in [1.82, 2.24) is 20.0 Å². The van der Waals surface area contributed by atoms with E-state index in [-0.39, 0.29) is 11.4 Å². The number of carbonyl (C=O) groups is 1. The lowest BCUT2D eigenvalue weighted by Crippen LogP contribution is -2.24. The Kier molecular flexibility index (Phi) is 5.92. The molecule has 3 aromatic carbocycles. The summed E-state index contributed by atoms with van der Waals surface area (Å²) in [5.41, 5.74) is 7.95. The molecule has 1 amide bonds. The van der Waals surface area contributed by atoms with Crippen LogP contribution in [0, 0.1) is 0 Å². The van der Waals surface area contributed by atoms with Gasteiger partial charge in [0.05, 0.1) is 11.9 Å². The van der Waals surface area contributed by atoms with Crippen molar-refractivity contribution < 1.29 is 9.21 Å². The number of benzene rings is 3. The number of nitrogens with zero attached hydrogens (tertiary/aromatic N) is 4. The minimum Gasteiger partial charge on any atom is -0.409 e. The number of aromatic nitrogens is 4. The fraction of sp³-hybridized carbons (Fsp3) is 0.0800. The van der Waals surface area contributed by atoms with Crippen LogP contribution in [0.4, 0.5) is 0 Å². The van der Waals surface area contributed by atoms with Crippen molar-refractivity contribution in [3.8, 4) is 11.6 Å². The summed E-state index contributed by atoms with van der Waals surface area (Å²) in [4.78, 5) is 24.3. The second-order valence-corrected chi connectivity index (χ2v) is 8.49. The van der Waals surface area contributed by atoms with E-state index in [1.807, 2.05) is 60.7 Å². The molecule has 0 spiro atoms. The summed E-state index contributed by atoms with van der Waals surface area (Å²) in [6.45, 7) is 0.328. The minimum atomic E-state index is -0.464. The van der Waals surface area contributed by atoms with Crippen LogP contribution < -0.4 is 11.3 Å². The Balaban J connectivity index is 1.44. The van der Waals surface area contributed by atoms with Gasteiger partial charge < -0.3 is 10.2 Å². The lowest BCUT2D eigenvalue weighted by atomic mass is 10.1. The van der Waals surface area contributed by atoms with Crippen molar-refractivity contribution in [3.05, 3.63) is 106 Å². The van der Waals surface area contributed by atoms with Crippen molar-refractivity contribution in [3.63, 3.8) is 0 Å². The van der Waals surface area contributed by atoms with Crippen LogP contribution in [0.5, 0.6) is 0 Å². The Labute approximate surface area is 198 Å². The minimum absolute atomic E-state index is 0.184. The molecule has 0 aliphatic heterocycles. The number of thioether (sulfide) groups is 1. The molecule has 0 saturated carbocycles. The molecule has 2 aromatic heterocycles. The highest BCUT2D eigenvalue weighted by Crippen LogP contribution is 2.28. The molecule has 0 atom stereocenters. The molecule has 34 heavy (non-hydrogen) atoms. The molecule has 9 heteroatoms. The van der Waals surface area contributed by atoms with Crippen LogP contribution in [0.25, 0.3) is 22.4 Å². The summed E-state index contributed by atoms with van der Waals surface area (Å²) in [6.07, 6.45) is 0. The van der Waals surface area contributed by atoms with E-state index in [1.54, 1.807) is 18.2 Å². The SMILES string of the molecule is NC(=O)c1ccc(CSc2nnc(-c3nn(Cc4ccccc4)c(=O)c4ccccc34)o2)cc1. The Hall–Kier alpha value is -4.24. The molecule has 0 unspecified atom stereocenters. The predicted molar refractivity (Wildman–Crippen MR) is 129 cm³/mol. The lowest BCUT2D eigenvalue weighted by Gasteiger charge is -2.09. The van der Waals surface area contributed by atoms with Gasteiger partial charge in [-0.15, -0.1) is 10.2 Å². The highest BCUT2D eigenvalue weighted by atomic mass is 32.2. The van der Waals surface area contributed by atoms with Gasteiger partial charge in [0.1, 0.15) is 0 Å². The van der Waals surface area contributed by atoms with Crippen molar-refractivity contribution in [2.45, 2.75) is 17.5 Å². The zero-order chi connectivity index (χ0) is 23.5. The summed E-state index contributed by atoms with van der Waals surface area (Å²) in [7, 11) is 0. The molecular weight excluding hydrogens is 450 g/mol. The first kappa shape index (κ1) is 21.6. The maximum Gasteiger partial charge on any atom is 0.277 e. The number of hydrogen-bond donors (Lipinski definition) is 1. The molecule has 0 fully saturated rings. The summed E-state index contributed by atoms with van der Waals surface area (Å²) in [5, 5.41) is 14.5. The van der Waals surface area contributed by atoms with Gasteiger partial charge in [-0.1, -0.05) is 72.4 Å². The molecule has 0 aliphatic rings. The smallest absolute Gasteiger partial charge is 0.277 e. The number of fused-ring (bicyclic) bond motifs is 1. The van der Waals surface area contributed by atoms with E-state index in [0.717, 1.165) is 11.1 Å². The number of amides is 1. The van der Waals surface area contributed by atoms with E-state index in [0.29, 0.717) is 39.6 Å². The van der Waals surface area contributed by atoms with Crippen LogP contribution in [0.1, 0.15) is 21.5 Å². The maximum absolute atomic E-state index is 13.0.